The number of anilines is 1. The number of sulfonamides is 1. The third-order valence-electron chi connectivity index (χ3n) is 3.84. The largest absolute Gasteiger partial charge is 0.398 e. The van der Waals surface area contributed by atoms with Crippen molar-refractivity contribution in [3.8, 4) is 0 Å². The summed E-state index contributed by atoms with van der Waals surface area (Å²) in [5, 5.41) is 0. The average Bonchev–Trinajstić information content (AvgIpc) is 3.13. The third-order valence-corrected chi connectivity index (χ3v) is 6.01. The van der Waals surface area contributed by atoms with Crippen LogP contribution >= 0.6 is 0 Å². The van der Waals surface area contributed by atoms with Gasteiger partial charge in [0.05, 0.1) is 4.90 Å². The Morgan fingerprint density at radius 1 is 1.30 bits per heavy atom. The number of aryl methyl sites for hydroxylation is 1. The minimum Gasteiger partial charge on any atom is -0.398 e. The molecule has 2 N–H and O–H groups in total. The molecule has 1 aromatic rings. The quantitative estimate of drug-likeness (QED) is 0.850. The normalized spacial score (nSPS) is 16.1. The molecule has 0 radical (unpaired) electrons. The van der Waals surface area contributed by atoms with Crippen LogP contribution in [-0.2, 0) is 10.0 Å². The van der Waals surface area contributed by atoms with Crippen molar-refractivity contribution >= 4 is 15.7 Å². The number of hydrogen-bond acceptors (Lipinski definition) is 3. The molecule has 1 fully saturated rings. The van der Waals surface area contributed by atoms with E-state index in [0.717, 1.165) is 18.4 Å². The summed E-state index contributed by atoms with van der Waals surface area (Å²) in [4.78, 5) is 0.351. The van der Waals surface area contributed by atoms with Crippen LogP contribution in [0.4, 0.5) is 5.69 Å². The molecule has 0 aliphatic heterocycles. The minimum absolute atomic E-state index is 0.0401. The summed E-state index contributed by atoms with van der Waals surface area (Å²) in [5.74, 6) is 0.523. The summed E-state index contributed by atoms with van der Waals surface area (Å²) in [6.07, 6.45) is 2.27. The third kappa shape index (κ3) is 2.99. The predicted molar refractivity (Wildman–Crippen MR) is 82.1 cm³/mol. The van der Waals surface area contributed by atoms with E-state index in [1.165, 1.54) is 0 Å². The molecule has 0 amide bonds. The van der Waals surface area contributed by atoms with Gasteiger partial charge in [0.25, 0.3) is 0 Å². The highest BCUT2D eigenvalue weighted by atomic mass is 32.2. The van der Waals surface area contributed by atoms with Gasteiger partial charge in [0, 0.05) is 18.3 Å². The van der Waals surface area contributed by atoms with Crippen LogP contribution in [0.1, 0.15) is 37.8 Å². The molecule has 0 aromatic heterocycles. The molecule has 5 heteroatoms. The van der Waals surface area contributed by atoms with Crippen molar-refractivity contribution < 1.29 is 8.42 Å². The fourth-order valence-electron chi connectivity index (χ4n) is 2.39. The van der Waals surface area contributed by atoms with Crippen LogP contribution in [-0.4, -0.2) is 25.3 Å². The Balaban J connectivity index is 2.46. The highest BCUT2D eigenvalue weighted by molar-refractivity contribution is 7.89. The van der Waals surface area contributed by atoms with Gasteiger partial charge < -0.3 is 5.73 Å². The van der Waals surface area contributed by atoms with E-state index in [2.05, 4.69) is 0 Å². The Morgan fingerprint density at radius 2 is 1.90 bits per heavy atom. The van der Waals surface area contributed by atoms with Crippen LogP contribution in [0.5, 0.6) is 0 Å². The minimum atomic E-state index is -3.48. The van der Waals surface area contributed by atoms with Gasteiger partial charge in [-0.2, -0.15) is 4.31 Å². The lowest BCUT2D eigenvalue weighted by atomic mass is 10.1. The van der Waals surface area contributed by atoms with Crippen molar-refractivity contribution in [3.63, 3.8) is 0 Å². The average molecular weight is 296 g/mol. The smallest absolute Gasteiger partial charge is 0.243 e. The molecule has 1 aliphatic rings. The van der Waals surface area contributed by atoms with Crippen molar-refractivity contribution in [3.05, 3.63) is 23.3 Å². The van der Waals surface area contributed by atoms with Gasteiger partial charge in [-0.05, 0) is 69.7 Å². The second-order valence-electron chi connectivity index (χ2n) is 6.09. The molecule has 0 atom stereocenters. The molecule has 1 aromatic carbocycles. The van der Waals surface area contributed by atoms with Gasteiger partial charge in [-0.25, -0.2) is 8.42 Å². The Hall–Kier alpha value is -1.07. The molecule has 1 saturated carbocycles. The van der Waals surface area contributed by atoms with Crippen LogP contribution in [0.15, 0.2) is 17.0 Å². The molecule has 0 bridgehead atoms. The van der Waals surface area contributed by atoms with Crippen molar-refractivity contribution in [2.24, 2.45) is 5.92 Å². The molecule has 2 rings (SSSR count). The van der Waals surface area contributed by atoms with Gasteiger partial charge in [-0.15, -0.1) is 0 Å². The van der Waals surface area contributed by atoms with Crippen molar-refractivity contribution in [1.29, 1.82) is 0 Å². The van der Waals surface area contributed by atoms with E-state index in [1.807, 2.05) is 26.8 Å². The van der Waals surface area contributed by atoms with E-state index in [0.29, 0.717) is 28.6 Å². The van der Waals surface area contributed by atoms with Crippen molar-refractivity contribution in [2.45, 2.75) is 51.5 Å². The molecule has 0 heterocycles. The number of nitrogen functional groups attached to an aromatic ring is 1. The first-order chi connectivity index (χ1) is 9.23. The van der Waals surface area contributed by atoms with E-state index in [-0.39, 0.29) is 6.04 Å². The lowest BCUT2D eigenvalue weighted by molar-refractivity contribution is 0.341. The number of hydrogen-bond donors (Lipinski definition) is 1. The van der Waals surface area contributed by atoms with Gasteiger partial charge in [-0.1, -0.05) is 0 Å². The Kier molecular flexibility index (Phi) is 4.12. The molecular weight excluding hydrogens is 272 g/mol. The fourth-order valence-corrected chi connectivity index (χ4v) is 4.44. The molecule has 112 valence electrons. The summed E-state index contributed by atoms with van der Waals surface area (Å²) < 4.78 is 27.5. The van der Waals surface area contributed by atoms with Gasteiger partial charge in [0.2, 0.25) is 10.0 Å². The highest BCUT2D eigenvalue weighted by Gasteiger charge is 2.34. The summed E-state index contributed by atoms with van der Waals surface area (Å²) in [6, 6.07) is 3.50. The number of nitrogens with two attached hydrogens (primary N) is 1. The number of nitrogens with zero attached hydrogens (tertiary/aromatic N) is 1. The molecule has 0 saturated heterocycles. The van der Waals surface area contributed by atoms with Gasteiger partial charge in [-0.3, -0.25) is 0 Å². The zero-order valence-electron chi connectivity index (χ0n) is 12.7. The maximum absolute atomic E-state index is 12.9. The van der Waals surface area contributed by atoms with E-state index < -0.39 is 10.0 Å². The van der Waals surface area contributed by atoms with E-state index in [4.69, 9.17) is 5.73 Å². The molecule has 1 aliphatic carbocycles. The maximum atomic E-state index is 12.9. The van der Waals surface area contributed by atoms with Gasteiger partial charge >= 0.3 is 0 Å². The van der Waals surface area contributed by atoms with Crippen LogP contribution < -0.4 is 5.73 Å². The van der Waals surface area contributed by atoms with Gasteiger partial charge in [0.15, 0.2) is 0 Å². The first-order valence-corrected chi connectivity index (χ1v) is 8.56. The van der Waals surface area contributed by atoms with Crippen LogP contribution in [0.25, 0.3) is 0 Å². The lowest BCUT2D eigenvalue weighted by Gasteiger charge is -2.27. The number of rotatable bonds is 5. The van der Waals surface area contributed by atoms with Crippen LogP contribution in [0, 0.1) is 19.8 Å². The molecular formula is C15H24N2O2S. The molecule has 0 unspecified atom stereocenters. The molecule has 4 nitrogen and oxygen atoms in total. The zero-order valence-corrected chi connectivity index (χ0v) is 13.5. The van der Waals surface area contributed by atoms with Gasteiger partial charge in [0.1, 0.15) is 0 Å². The lowest BCUT2D eigenvalue weighted by Crippen LogP contribution is -2.38. The Labute approximate surface area is 122 Å². The highest BCUT2D eigenvalue weighted by Crippen LogP contribution is 2.34. The SMILES string of the molecule is Cc1cc(N)c(C)c(S(=O)(=O)N(CC2CC2)C(C)C)c1. The second-order valence-corrected chi connectivity index (χ2v) is 7.95. The topological polar surface area (TPSA) is 63.4 Å². The predicted octanol–water partition coefficient (Wildman–Crippen LogP) is 2.69. The van der Waals surface area contributed by atoms with E-state index in [1.54, 1.807) is 17.3 Å². The molecule has 20 heavy (non-hydrogen) atoms. The maximum Gasteiger partial charge on any atom is 0.243 e. The summed E-state index contributed by atoms with van der Waals surface area (Å²) in [5.41, 5.74) is 7.99. The summed E-state index contributed by atoms with van der Waals surface area (Å²) >= 11 is 0. The fraction of sp³-hybridized carbons (Fsp3) is 0.600. The standard InChI is InChI=1S/C15H24N2O2S/c1-10(2)17(9-13-5-6-13)20(18,19)15-8-11(3)7-14(16)12(15)4/h7-8,10,13H,5-6,9,16H2,1-4H3. The van der Waals surface area contributed by atoms with Crippen LogP contribution in [0.3, 0.4) is 0 Å². The van der Waals surface area contributed by atoms with E-state index in [9.17, 15) is 8.42 Å². The van der Waals surface area contributed by atoms with Crippen molar-refractivity contribution in [2.75, 3.05) is 12.3 Å². The Bertz CT molecular complexity index is 605. The zero-order chi connectivity index (χ0) is 15.1. The van der Waals surface area contributed by atoms with E-state index >= 15 is 0 Å². The molecule has 0 spiro atoms. The Morgan fingerprint density at radius 3 is 2.40 bits per heavy atom. The summed E-state index contributed by atoms with van der Waals surface area (Å²) in [7, 11) is -3.48. The number of benzene rings is 1. The monoisotopic (exact) mass is 296 g/mol. The van der Waals surface area contributed by atoms with Crippen molar-refractivity contribution in [1.82, 2.24) is 4.31 Å². The first-order valence-electron chi connectivity index (χ1n) is 7.12. The first kappa shape index (κ1) is 15.3. The summed E-state index contributed by atoms with van der Waals surface area (Å²) in [6.45, 7) is 8.11. The second kappa shape index (κ2) is 5.37. The van der Waals surface area contributed by atoms with Crippen LogP contribution in [0.2, 0.25) is 0 Å².